The lowest BCUT2D eigenvalue weighted by molar-refractivity contribution is -0.135. The number of piperazine rings is 1. The SMILES string of the molecule is O=C(CN1CCCCC1)N1CCC[C@H](N2CCN(Cc3ccc4c(c3)OCO4)CC2)C1. The Bertz CT molecular complexity index is 759. The fraction of sp³-hybridized carbons (Fsp3) is 0.708. The quantitative estimate of drug-likeness (QED) is 0.715. The summed E-state index contributed by atoms with van der Waals surface area (Å²) in [5.41, 5.74) is 1.28. The number of likely N-dealkylation sites (tertiary alicyclic amines) is 2. The molecule has 0 unspecified atom stereocenters. The van der Waals surface area contributed by atoms with Gasteiger partial charge in [0.1, 0.15) is 0 Å². The van der Waals surface area contributed by atoms with Gasteiger partial charge < -0.3 is 14.4 Å². The Kier molecular flexibility index (Phi) is 6.62. The number of carbonyl (C=O) groups is 1. The monoisotopic (exact) mass is 428 g/mol. The van der Waals surface area contributed by atoms with Gasteiger partial charge in [0.25, 0.3) is 0 Å². The molecule has 0 spiro atoms. The van der Waals surface area contributed by atoms with Crippen LogP contribution in [0.4, 0.5) is 0 Å². The Morgan fingerprint density at radius 1 is 0.871 bits per heavy atom. The first kappa shape index (κ1) is 21.0. The van der Waals surface area contributed by atoms with Crippen molar-refractivity contribution in [3.05, 3.63) is 23.8 Å². The van der Waals surface area contributed by atoms with Gasteiger partial charge in [-0.25, -0.2) is 0 Å². The van der Waals surface area contributed by atoms with Crippen molar-refractivity contribution >= 4 is 5.91 Å². The van der Waals surface area contributed by atoms with E-state index in [1.165, 1.54) is 31.2 Å². The van der Waals surface area contributed by atoms with E-state index in [1.807, 2.05) is 6.07 Å². The summed E-state index contributed by atoms with van der Waals surface area (Å²) in [4.78, 5) is 22.5. The van der Waals surface area contributed by atoms with E-state index in [9.17, 15) is 4.79 Å². The minimum Gasteiger partial charge on any atom is -0.454 e. The van der Waals surface area contributed by atoms with Crippen molar-refractivity contribution in [2.24, 2.45) is 0 Å². The molecule has 0 saturated carbocycles. The van der Waals surface area contributed by atoms with Crippen molar-refractivity contribution in [3.8, 4) is 11.5 Å². The van der Waals surface area contributed by atoms with Gasteiger partial charge in [-0.2, -0.15) is 0 Å². The van der Waals surface area contributed by atoms with Gasteiger partial charge >= 0.3 is 0 Å². The van der Waals surface area contributed by atoms with Crippen LogP contribution in [0.25, 0.3) is 0 Å². The Morgan fingerprint density at radius 2 is 1.68 bits per heavy atom. The van der Waals surface area contributed by atoms with Crippen LogP contribution in [0.1, 0.15) is 37.7 Å². The van der Waals surface area contributed by atoms with Crippen molar-refractivity contribution in [1.82, 2.24) is 19.6 Å². The fourth-order valence-corrected chi connectivity index (χ4v) is 5.47. The van der Waals surface area contributed by atoms with Crippen molar-refractivity contribution < 1.29 is 14.3 Å². The van der Waals surface area contributed by atoms with Crippen LogP contribution in [-0.2, 0) is 11.3 Å². The molecule has 3 saturated heterocycles. The average Bonchev–Trinajstić information content (AvgIpc) is 3.28. The van der Waals surface area contributed by atoms with Crippen molar-refractivity contribution in [2.75, 3.05) is 65.7 Å². The van der Waals surface area contributed by atoms with Crippen molar-refractivity contribution in [3.63, 3.8) is 0 Å². The molecule has 4 aliphatic rings. The predicted octanol–water partition coefficient (Wildman–Crippen LogP) is 2.01. The van der Waals surface area contributed by atoms with Crippen LogP contribution >= 0.6 is 0 Å². The van der Waals surface area contributed by atoms with Crippen LogP contribution in [0.5, 0.6) is 11.5 Å². The number of amides is 1. The lowest BCUT2D eigenvalue weighted by Gasteiger charge is -2.43. The minimum absolute atomic E-state index is 0.330. The molecule has 31 heavy (non-hydrogen) atoms. The number of piperidine rings is 2. The van der Waals surface area contributed by atoms with Gasteiger partial charge in [-0.1, -0.05) is 12.5 Å². The third-order valence-electron chi connectivity index (χ3n) is 7.32. The van der Waals surface area contributed by atoms with E-state index >= 15 is 0 Å². The second-order valence-corrected chi connectivity index (χ2v) is 9.47. The Labute approximate surface area is 185 Å². The topological polar surface area (TPSA) is 48.5 Å². The zero-order valence-corrected chi connectivity index (χ0v) is 18.6. The minimum atomic E-state index is 0.330. The lowest BCUT2D eigenvalue weighted by Crippen LogP contribution is -2.56. The van der Waals surface area contributed by atoms with Crippen LogP contribution in [-0.4, -0.2) is 97.2 Å². The summed E-state index contributed by atoms with van der Waals surface area (Å²) in [6, 6.07) is 6.80. The number of nitrogens with zero attached hydrogens (tertiary/aromatic N) is 4. The maximum absolute atomic E-state index is 12.9. The molecule has 0 N–H and O–H groups in total. The maximum atomic E-state index is 12.9. The van der Waals surface area contributed by atoms with Gasteiger partial charge in [0.2, 0.25) is 12.7 Å². The smallest absolute Gasteiger partial charge is 0.236 e. The first-order valence-corrected chi connectivity index (χ1v) is 12.1. The highest BCUT2D eigenvalue weighted by Gasteiger charge is 2.30. The highest BCUT2D eigenvalue weighted by atomic mass is 16.7. The number of fused-ring (bicyclic) bond motifs is 1. The molecule has 0 aromatic heterocycles. The molecule has 5 rings (SSSR count). The zero-order chi connectivity index (χ0) is 21.0. The Morgan fingerprint density at radius 3 is 2.52 bits per heavy atom. The average molecular weight is 429 g/mol. The first-order valence-electron chi connectivity index (χ1n) is 12.1. The maximum Gasteiger partial charge on any atom is 0.236 e. The molecule has 0 radical (unpaired) electrons. The van der Waals surface area contributed by atoms with E-state index in [4.69, 9.17) is 9.47 Å². The standard InChI is InChI=1S/C24H36N4O3/c29-24(18-25-8-2-1-3-9-25)28-10-4-5-21(17-28)27-13-11-26(12-14-27)16-20-6-7-22-23(15-20)31-19-30-22/h6-7,15,21H,1-5,8-14,16-19H2/t21-/m0/s1. The molecule has 1 aromatic rings. The fourth-order valence-electron chi connectivity index (χ4n) is 5.47. The summed E-state index contributed by atoms with van der Waals surface area (Å²) in [5.74, 6) is 2.06. The van der Waals surface area contributed by atoms with Crippen LogP contribution in [0, 0.1) is 0 Å². The van der Waals surface area contributed by atoms with E-state index in [1.54, 1.807) is 0 Å². The van der Waals surface area contributed by atoms with E-state index in [0.717, 1.165) is 76.8 Å². The van der Waals surface area contributed by atoms with E-state index < -0.39 is 0 Å². The largest absolute Gasteiger partial charge is 0.454 e. The first-order chi connectivity index (χ1) is 15.2. The Hall–Kier alpha value is -1.83. The van der Waals surface area contributed by atoms with Crippen LogP contribution in [0.3, 0.4) is 0 Å². The van der Waals surface area contributed by atoms with Gasteiger partial charge in [0.15, 0.2) is 11.5 Å². The summed E-state index contributed by atoms with van der Waals surface area (Å²) >= 11 is 0. The molecule has 1 atom stereocenters. The van der Waals surface area contributed by atoms with Crippen LogP contribution in [0.2, 0.25) is 0 Å². The molecule has 1 aromatic carbocycles. The molecule has 0 aliphatic carbocycles. The molecule has 4 aliphatic heterocycles. The van der Waals surface area contributed by atoms with Gasteiger partial charge in [-0.3, -0.25) is 19.5 Å². The van der Waals surface area contributed by atoms with Gasteiger partial charge in [-0.05, 0) is 56.5 Å². The normalized spacial score (nSPS) is 25.7. The summed E-state index contributed by atoms with van der Waals surface area (Å²) in [6.07, 6.45) is 6.15. The number of carbonyl (C=O) groups excluding carboxylic acids is 1. The van der Waals surface area contributed by atoms with Crippen molar-refractivity contribution in [2.45, 2.75) is 44.7 Å². The lowest BCUT2D eigenvalue weighted by atomic mass is 10.0. The highest BCUT2D eigenvalue weighted by Crippen LogP contribution is 2.33. The van der Waals surface area contributed by atoms with Crippen molar-refractivity contribution in [1.29, 1.82) is 0 Å². The number of ether oxygens (including phenoxy) is 2. The summed E-state index contributed by atoms with van der Waals surface area (Å²) in [7, 11) is 0. The highest BCUT2D eigenvalue weighted by molar-refractivity contribution is 5.78. The predicted molar refractivity (Wildman–Crippen MR) is 119 cm³/mol. The zero-order valence-electron chi connectivity index (χ0n) is 18.6. The second-order valence-electron chi connectivity index (χ2n) is 9.47. The molecular weight excluding hydrogens is 392 g/mol. The van der Waals surface area contributed by atoms with E-state index in [2.05, 4.69) is 31.7 Å². The summed E-state index contributed by atoms with van der Waals surface area (Å²) < 4.78 is 10.9. The molecule has 7 nitrogen and oxygen atoms in total. The third-order valence-corrected chi connectivity index (χ3v) is 7.32. The molecule has 1 amide bonds. The number of hydrogen-bond acceptors (Lipinski definition) is 6. The second kappa shape index (κ2) is 9.76. The van der Waals surface area contributed by atoms with E-state index in [-0.39, 0.29) is 0 Å². The number of rotatable bonds is 5. The number of benzene rings is 1. The molecule has 170 valence electrons. The van der Waals surface area contributed by atoms with Gasteiger partial charge in [0.05, 0.1) is 6.54 Å². The molecule has 4 heterocycles. The van der Waals surface area contributed by atoms with Crippen LogP contribution in [0.15, 0.2) is 18.2 Å². The summed E-state index contributed by atoms with van der Waals surface area (Å²) in [5, 5.41) is 0. The molecule has 7 heteroatoms. The van der Waals surface area contributed by atoms with Gasteiger partial charge in [0, 0.05) is 51.9 Å². The van der Waals surface area contributed by atoms with Crippen LogP contribution < -0.4 is 9.47 Å². The molecule has 3 fully saturated rings. The number of hydrogen-bond donors (Lipinski definition) is 0. The summed E-state index contributed by atoms with van der Waals surface area (Å²) in [6.45, 7) is 10.3. The van der Waals surface area contributed by atoms with E-state index in [0.29, 0.717) is 25.3 Å². The van der Waals surface area contributed by atoms with Gasteiger partial charge in [-0.15, -0.1) is 0 Å². The third kappa shape index (κ3) is 5.16. The molecule has 0 bridgehead atoms. The Balaban J connectivity index is 1.09. The molecular formula is C24H36N4O3.